The number of anilines is 1. The maximum Gasteiger partial charge on any atom is 0.267 e. The van der Waals surface area contributed by atoms with E-state index in [0.717, 1.165) is 21.7 Å². The van der Waals surface area contributed by atoms with Gasteiger partial charge in [0.1, 0.15) is 15.6 Å². The number of aromatic nitrogens is 1. The number of nitrogens with zero attached hydrogens (tertiary/aromatic N) is 1. The number of aryl methyl sites for hydroxylation is 3. The van der Waals surface area contributed by atoms with Gasteiger partial charge in [0.2, 0.25) is 10.0 Å². The van der Waals surface area contributed by atoms with Gasteiger partial charge in [0, 0.05) is 11.3 Å². The van der Waals surface area contributed by atoms with Crippen molar-refractivity contribution in [1.29, 1.82) is 0 Å². The molecule has 9 heteroatoms. The van der Waals surface area contributed by atoms with Gasteiger partial charge in [-0.25, -0.2) is 18.1 Å². The van der Waals surface area contributed by atoms with Crippen molar-refractivity contribution >= 4 is 33.0 Å². The highest BCUT2D eigenvalue weighted by Crippen LogP contribution is 2.31. The molecule has 2 aromatic carbocycles. The summed E-state index contributed by atoms with van der Waals surface area (Å²) < 4.78 is 32.9. The number of benzene rings is 2. The zero-order valence-electron chi connectivity index (χ0n) is 18.4. The highest BCUT2D eigenvalue weighted by Gasteiger charge is 2.19. The van der Waals surface area contributed by atoms with E-state index in [1.54, 1.807) is 31.2 Å². The molecule has 0 bridgehead atoms. The summed E-state index contributed by atoms with van der Waals surface area (Å²) in [6.45, 7) is 5.87. The highest BCUT2D eigenvalue weighted by atomic mass is 32.2. The SMILES string of the molecule is Cc1ccc(-c2nc(C)c(C(=O)Nc3cccc(S(=O)(=O)NCc4ccco4)c3)s2)c(C)c1. The zero-order chi connectivity index (χ0) is 23.6. The summed E-state index contributed by atoms with van der Waals surface area (Å²) in [7, 11) is -3.78. The molecular formula is C24H23N3O4S2. The van der Waals surface area contributed by atoms with E-state index < -0.39 is 10.0 Å². The van der Waals surface area contributed by atoms with Crippen LogP contribution in [0.5, 0.6) is 0 Å². The van der Waals surface area contributed by atoms with E-state index in [0.29, 0.717) is 22.0 Å². The first-order valence-corrected chi connectivity index (χ1v) is 12.5. The van der Waals surface area contributed by atoms with Gasteiger partial charge < -0.3 is 9.73 Å². The predicted octanol–water partition coefficient (Wildman–Crippen LogP) is 5.06. The first-order chi connectivity index (χ1) is 15.7. The average Bonchev–Trinajstić information content (AvgIpc) is 3.42. The maximum absolute atomic E-state index is 12.9. The molecule has 0 aliphatic rings. The van der Waals surface area contributed by atoms with Gasteiger partial charge in [0.25, 0.3) is 5.91 Å². The summed E-state index contributed by atoms with van der Waals surface area (Å²) in [6, 6.07) is 15.6. The third kappa shape index (κ3) is 5.22. The van der Waals surface area contributed by atoms with Crippen LogP contribution in [-0.2, 0) is 16.6 Å². The third-order valence-electron chi connectivity index (χ3n) is 5.03. The van der Waals surface area contributed by atoms with Gasteiger partial charge in [-0.1, -0.05) is 29.8 Å². The van der Waals surface area contributed by atoms with Gasteiger partial charge in [-0.2, -0.15) is 0 Å². The van der Waals surface area contributed by atoms with Gasteiger partial charge in [0.15, 0.2) is 0 Å². The van der Waals surface area contributed by atoms with Gasteiger partial charge in [0.05, 0.1) is 23.4 Å². The van der Waals surface area contributed by atoms with Crippen LogP contribution in [0.4, 0.5) is 5.69 Å². The van der Waals surface area contributed by atoms with E-state index in [9.17, 15) is 13.2 Å². The first kappa shape index (κ1) is 22.9. The summed E-state index contributed by atoms with van der Waals surface area (Å²) in [6.07, 6.45) is 1.48. The van der Waals surface area contributed by atoms with E-state index in [2.05, 4.69) is 21.1 Å². The van der Waals surface area contributed by atoms with Crippen molar-refractivity contribution in [2.24, 2.45) is 0 Å². The second-order valence-electron chi connectivity index (χ2n) is 7.64. The molecule has 4 rings (SSSR count). The van der Waals surface area contributed by atoms with E-state index in [4.69, 9.17) is 4.42 Å². The van der Waals surface area contributed by atoms with Gasteiger partial charge in [-0.3, -0.25) is 4.79 Å². The Morgan fingerprint density at radius 1 is 1.06 bits per heavy atom. The molecule has 0 atom stereocenters. The fraction of sp³-hybridized carbons (Fsp3) is 0.167. The van der Waals surface area contributed by atoms with Crippen molar-refractivity contribution in [2.75, 3.05) is 5.32 Å². The molecule has 33 heavy (non-hydrogen) atoms. The van der Waals surface area contributed by atoms with E-state index >= 15 is 0 Å². The van der Waals surface area contributed by atoms with Crippen molar-refractivity contribution in [3.8, 4) is 10.6 Å². The molecule has 2 aromatic heterocycles. The van der Waals surface area contributed by atoms with Crippen molar-refractivity contribution in [3.05, 3.63) is 88.3 Å². The minimum Gasteiger partial charge on any atom is -0.468 e. The van der Waals surface area contributed by atoms with Crippen molar-refractivity contribution in [1.82, 2.24) is 9.71 Å². The number of rotatable bonds is 7. The van der Waals surface area contributed by atoms with Crippen LogP contribution < -0.4 is 10.0 Å². The lowest BCUT2D eigenvalue weighted by Gasteiger charge is -2.08. The fourth-order valence-corrected chi connectivity index (χ4v) is 5.46. The number of hydrogen-bond acceptors (Lipinski definition) is 6. The topological polar surface area (TPSA) is 101 Å². The summed E-state index contributed by atoms with van der Waals surface area (Å²) in [4.78, 5) is 18.1. The van der Waals surface area contributed by atoms with Crippen LogP contribution in [0.15, 0.2) is 70.2 Å². The summed E-state index contributed by atoms with van der Waals surface area (Å²) in [5, 5.41) is 3.56. The molecule has 2 N–H and O–H groups in total. The molecule has 2 heterocycles. The molecule has 4 aromatic rings. The Hall–Kier alpha value is -3.27. The van der Waals surface area contributed by atoms with Crippen LogP contribution >= 0.6 is 11.3 Å². The lowest BCUT2D eigenvalue weighted by atomic mass is 10.1. The molecule has 0 unspecified atom stereocenters. The van der Waals surface area contributed by atoms with E-state index in [-0.39, 0.29) is 17.3 Å². The lowest BCUT2D eigenvalue weighted by Crippen LogP contribution is -2.23. The number of nitrogens with one attached hydrogen (secondary N) is 2. The van der Waals surface area contributed by atoms with Crippen molar-refractivity contribution < 1.29 is 17.6 Å². The van der Waals surface area contributed by atoms with Gasteiger partial charge >= 0.3 is 0 Å². The van der Waals surface area contributed by atoms with Crippen molar-refractivity contribution in [3.63, 3.8) is 0 Å². The first-order valence-electron chi connectivity index (χ1n) is 10.2. The molecule has 0 aliphatic heterocycles. The fourth-order valence-electron chi connectivity index (χ4n) is 3.37. The second-order valence-corrected chi connectivity index (χ2v) is 10.4. The largest absolute Gasteiger partial charge is 0.468 e. The number of hydrogen-bond donors (Lipinski definition) is 2. The minimum atomic E-state index is -3.78. The van der Waals surface area contributed by atoms with Crippen LogP contribution in [0.1, 0.15) is 32.3 Å². The number of furan rings is 1. The van der Waals surface area contributed by atoms with Crippen LogP contribution in [0.3, 0.4) is 0 Å². The molecule has 7 nitrogen and oxygen atoms in total. The minimum absolute atomic E-state index is 0.0349. The van der Waals surface area contributed by atoms with Crippen LogP contribution in [0, 0.1) is 20.8 Å². The average molecular weight is 482 g/mol. The van der Waals surface area contributed by atoms with Gasteiger partial charge in [-0.15, -0.1) is 11.3 Å². The monoisotopic (exact) mass is 481 g/mol. The maximum atomic E-state index is 12.9. The van der Waals surface area contributed by atoms with Crippen LogP contribution in [-0.4, -0.2) is 19.3 Å². The van der Waals surface area contributed by atoms with Gasteiger partial charge in [-0.05, 0) is 56.7 Å². The molecule has 170 valence electrons. The Bertz CT molecular complexity index is 1410. The van der Waals surface area contributed by atoms with E-state index in [1.165, 1.54) is 29.7 Å². The van der Waals surface area contributed by atoms with Crippen LogP contribution in [0.25, 0.3) is 10.6 Å². The molecule has 1 amide bonds. The molecule has 0 saturated carbocycles. The van der Waals surface area contributed by atoms with Crippen molar-refractivity contribution in [2.45, 2.75) is 32.2 Å². The number of amides is 1. The molecule has 0 saturated heterocycles. The number of sulfonamides is 1. The molecule has 0 aliphatic carbocycles. The summed E-state index contributed by atoms with van der Waals surface area (Å²) in [5.41, 5.74) is 4.24. The quantitative estimate of drug-likeness (QED) is 0.384. The molecule has 0 spiro atoms. The lowest BCUT2D eigenvalue weighted by molar-refractivity contribution is 0.102. The summed E-state index contributed by atoms with van der Waals surface area (Å²) >= 11 is 1.31. The summed E-state index contributed by atoms with van der Waals surface area (Å²) in [5.74, 6) is 0.169. The molecular weight excluding hydrogens is 458 g/mol. The Kier molecular flexibility index (Phi) is 6.46. The Balaban J connectivity index is 1.52. The number of carbonyl (C=O) groups is 1. The third-order valence-corrected chi connectivity index (χ3v) is 7.62. The molecule has 0 fully saturated rings. The van der Waals surface area contributed by atoms with E-state index in [1.807, 2.05) is 26.0 Å². The standard InChI is InChI=1S/C24H23N3O4S2/c1-15-9-10-21(16(2)12-15)24-26-17(3)22(32-24)23(28)27-18-6-4-8-20(13-18)33(29,30)25-14-19-7-5-11-31-19/h4-13,25H,14H2,1-3H3,(H,27,28). The normalized spacial score (nSPS) is 11.5. The zero-order valence-corrected chi connectivity index (χ0v) is 20.0. The second kappa shape index (κ2) is 9.30. The number of thiazole rings is 1. The molecule has 0 radical (unpaired) electrons. The van der Waals surface area contributed by atoms with Crippen LogP contribution in [0.2, 0.25) is 0 Å². The smallest absolute Gasteiger partial charge is 0.267 e. The Morgan fingerprint density at radius 2 is 1.88 bits per heavy atom. The highest BCUT2D eigenvalue weighted by molar-refractivity contribution is 7.89. The number of carbonyl (C=O) groups excluding carboxylic acids is 1. The predicted molar refractivity (Wildman–Crippen MR) is 129 cm³/mol. The Labute approximate surface area is 196 Å². The Morgan fingerprint density at radius 3 is 2.61 bits per heavy atom.